The minimum atomic E-state index is -1.60. The molecule has 16 N–H and O–H groups in total. The molecule has 58 heavy (non-hydrogen) atoms. The number of hydrogen-bond acceptors (Lipinski definition) is 13. The highest BCUT2D eigenvalue weighted by atomic mass is 16.3. The van der Waals surface area contributed by atoms with Crippen molar-refractivity contribution in [3.63, 3.8) is 0 Å². The van der Waals surface area contributed by atoms with Gasteiger partial charge in [0.1, 0.15) is 42.0 Å². The van der Waals surface area contributed by atoms with Crippen LogP contribution >= 0.6 is 0 Å². The second kappa shape index (κ2) is 26.5. The normalized spacial score (nSPS) is 14.2. The molecule has 0 bridgehead atoms. The molecule has 0 saturated carbocycles. The number of benzene rings is 1. The van der Waals surface area contributed by atoms with Gasteiger partial charge in [0.15, 0.2) is 0 Å². The monoisotopic (exact) mass is 822 g/mol. The van der Waals surface area contributed by atoms with Gasteiger partial charge in [0, 0.05) is 6.42 Å². The van der Waals surface area contributed by atoms with Gasteiger partial charge in [0.2, 0.25) is 47.3 Å². The minimum absolute atomic E-state index is 0.0301. The van der Waals surface area contributed by atoms with E-state index in [1.54, 1.807) is 13.8 Å². The highest BCUT2D eigenvalue weighted by Crippen LogP contribution is 2.13. The van der Waals surface area contributed by atoms with Crippen LogP contribution in [0.25, 0.3) is 0 Å². The molecule has 1 aromatic rings. The van der Waals surface area contributed by atoms with Crippen molar-refractivity contribution in [2.45, 2.75) is 102 Å². The number of phenolic OH excluding ortho intramolecular Hbond substituents is 1. The van der Waals surface area contributed by atoms with Crippen LogP contribution in [0.2, 0.25) is 0 Å². The Balaban J connectivity index is 3.12. The van der Waals surface area contributed by atoms with Crippen LogP contribution in [-0.4, -0.2) is 132 Å². The fourth-order valence-corrected chi connectivity index (χ4v) is 5.52. The Hall–Kier alpha value is -5.38. The summed E-state index contributed by atoms with van der Waals surface area (Å²) in [7, 11) is 0. The Morgan fingerprint density at radius 3 is 1.55 bits per heavy atom. The van der Waals surface area contributed by atoms with E-state index < -0.39 is 103 Å². The van der Waals surface area contributed by atoms with Crippen LogP contribution < -0.4 is 54.4 Å². The molecule has 6 atom stereocenters. The smallest absolute Gasteiger partial charge is 0.245 e. The van der Waals surface area contributed by atoms with Gasteiger partial charge in [-0.15, -0.1) is 0 Å². The zero-order chi connectivity index (χ0) is 43.9. The van der Waals surface area contributed by atoms with E-state index in [4.69, 9.17) is 17.2 Å². The van der Waals surface area contributed by atoms with Crippen LogP contribution in [0.4, 0.5) is 0 Å². The fourth-order valence-electron chi connectivity index (χ4n) is 5.52. The number of aromatic hydroxyl groups is 1. The summed E-state index contributed by atoms with van der Waals surface area (Å²) < 4.78 is 0. The van der Waals surface area contributed by atoms with E-state index in [0.717, 1.165) is 0 Å². The lowest BCUT2D eigenvalue weighted by atomic mass is 10.0. The average molecular weight is 823 g/mol. The molecule has 0 aliphatic carbocycles. The Morgan fingerprint density at radius 2 is 1.05 bits per heavy atom. The average Bonchev–Trinajstić information content (AvgIpc) is 3.16. The van der Waals surface area contributed by atoms with Gasteiger partial charge in [0.25, 0.3) is 0 Å². The molecule has 0 radical (unpaired) electrons. The number of amides is 8. The van der Waals surface area contributed by atoms with Crippen molar-refractivity contribution in [1.82, 2.24) is 37.2 Å². The maximum absolute atomic E-state index is 13.5. The van der Waals surface area contributed by atoms with E-state index in [9.17, 15) is 53.7 Å². The number of unbranched alkanes of at least 4 members (excludes halogenated alkanes) is 1. The number of aliphatic hydroxyl groups excluding tert-OH is 2. The lowest BCUT2D eigenvalue weighted by Crippen LogP contribution is -2.59. The summed E-state index contributed by atoms with van der Waals surface area (Å²) in [6, 6.07) is -1.94. The zero-order valence-electron chi connectivity index (χ0n) is 33.5. The maximum Gasteiger partial charge on any atom is 0.245 e. The molecule has 0 heterocycles. The highest BCUT2D eigenvalue weighted by molar-refractivity contribution is 5.97. The van der Waals surface area contributed by atoms with Crippen molar-refractivity contribution in [1.29, 1.82) is 0 Å². The first-order valence-corrected chi connectivity index (χ1v) is 19.1. The quantitative estimate of drug-likeness (QED) is 0.0374. The van der Waals surface area contributed by atoms with Gasteiger partial charge in [-0.25, -0.2) is 0 Å². The van der Waals surface area contributed by atoms with Gasteiger partial charge in [-0.3, -0.25) is 38.4 Å². The predicted octanol–water partition coefficient (Wildman–Crippen LogP) is -4.39. The van der Waals surface area contributed by atoms with Gasteiger partial charge in [-0.1, -0.05) is 39.8 Å². The fraction of sp³-hybridized carbons (Fsp3) is 0.622. The lowest BCUT2D eigenvalue weighted by Gasteiger charge is -2.26. The van der Waals surface area contributed by atoms with Crippen LogP contribution in [0.1, 0.15) is 65.4 Å². The first-order valence-electron chi connectivity index (χ1n) is 19.1. The van der Waals surface area contributed by atoms with Crippen LogP contribution in [0.3, 0.4) is 0 Å². The summed E-state index contributed by atoms with van der Waals surface area (Å²) >= 11 is 0. The van der Waals surface area contributed by atoms with Crippen molar-refractivity contribution >= 4 is 47.3 Å². The number of carbonyl (C=O) groups excluding carboxylic acids is 8. The standard InChI is InChI=1S/C37H62N10O11/c1-20(2)13-25(42-30(51)16-39)35(56)46-27(15-22-8-10-23(50)11-9-22)33(54)41-17-31(52)43-29(19-49)37(58)44-24(7-5-6-12-38)34(55)45-26(14-21(3)4)36(57)47-28(18-48)32(40)53/h8-11,20-21,24-29,48-50H,5-7,12-19,38-39H2,1-4H3,(H2,40,53)(H,41,54)(H,42,51)(H,43,52)(H,44,58)(H,45,55)(H,46,56)(H,47,57)/t24-,25-,26-,27-,28-,29-/m0/s1. The number of hydrogen-bond donors (Lipinski definition) is 13. The van der Waals surface area contributed by atoms with Crippen molar-refractivity contribution in [2.24, 2.45) is 29.0 Å². The third-order valence-electron chi connectivity index (χ3n) is 8.57. The lowest BCUT2D eigenvalue weighted by molar-refractivity contribution is -0.135. The molecular formula is C37H62N10O11. The zero-order valence-corrected chi connectivity index (χ0v) is 33.5. The molecule has 21 heteroatoms. The molecule has 1 aromatic carbocycles. The maximum atomic E-state index is 13.5. The van der Waals surface area contributed by atoms with E-state index in [2.05, 4.69) is 37.2 Å². The van der Waals surface area contributed by atoms with Gasteiger partial charge in [-0.2, -0.15) is 0 Å². The molecule has 0 aliphatic heterocycles. The molecule has 1 rings (SSSR count). The first kappa shape index (κ1) is 50.6. The number of carbonyl (C=O) groups is 8. The third-order valence-corrected chi connectivity index (χ3v) is 8.57. The first-order chi connectivity index (χ1) is 27.3. The molecule has 21 nitrogen and oxygen atoms in total. The minimum Gasteiger partial charge on any atom is -0.508 e. The molecule has 0 unspecified atom stereocenters. The summed E-state index contributed by atoms with van der Waals surface area (Å²) in [5.74, 6) is -6.74. The summed E-state index contributed by atoms with van der Waals surface area (Å²) in [6.45, 7) is 4.74. The molecule has 0 spiro atoms. The number of primary amides is 1. The second-order valence-electron chi connectivity index (χ2n) is 14.6. The molecule has 0 fully saturated rings. The van der Waals surface area contributed by atoms with Crippen LogP contribution in [0, 0.1) is 11.8 Å². The van der Waals surface area contributed by atoms with E-state index >= 15 is 0 Å². The predicted molar refractivity (Wildman–Crippen MR) is 211 cm³/mol. The second-order valence-corrected chi connectivity index (χ2v) is 14.6. The highest BCUT2D eigenvalue weighted by Gasteiger charge is 2.32. The SMILES string of the molecule is CC(C)C[C@H](NC(=O)CN)C(=O)N[C@@H](Cc1ccc(O)cc1)C(=O)NCC(=O)N[C@@H](CO)C(=O)N[C@@H](CCCCN)C(=O)N[C@@H](CC(C)C)C(=O)N[C@@H](CO)C(N)=O. The number of nitrogens with one attached hydrogen (secondary N) is 7. The molecule has 326 valence electrons. The van der Waals surface area contributed by atoms with E-state index in [1.807, 2.05) is 13.8 Å². The van der Waals surface area contributed by atoms with Gasteiger partial charge >= 0.3 is 0 Å². The van der Waals surface area contributed by atoms with Crippen molar-refractivity contribution in [3.05, 3.63) is 29.8 Å². The molecule has 8 amide bonds. The third kappa shape index (κ3) is 19.2. The molecule has 0 saturated heterocycles. The van der Waals surface area contributed by atoms with Gasteiger partial charge in [0.05, 0.1) is 26.3 Å². The van der Waals surface area contributed by atoms with Crippen LogP contribution in [0.15, 0.2) is 24.3 Å². The summed E-state index contributed by atoms with van der Waals surface area (Å²) in [4.78, 5) is 103. The van der Waals surface area contributed by atoms with Crippen molar-refractivity contribution < 1.29 is 53.7 Å². The van der Waals surface area contributed by atoms with Crippen LogP contribution in [0.5, 0.6) is 5.75 Å². The van der Waals surface area contributed by atoms with Crippen molar-refractivity contribution in [2.75, 3.05) is 32.8 Å². The number of nitrogens with two attached hydrogens (primary N) is 3. The molecule has 0 aromatic heterocycles. The molecule has 0 aliphatic rings. The summed E-state index contributed by atoms with van der Waals surface area (Å²) in [5, 5.41) is 46.3. The topological polar surface area (TPSA) is 360 Å². The Kier molecular flexibility index (Phi) is 23.2. The van der Waals surface area contributed by atoms with Crippen molar-refractivity contribution in [3.8, 4) is 5.75 Å². The van der Waals surface area contributed by atoms with Crippen LogP contribution in [-0.2, 0) is 44.8 Å². The number of rotatable bonds is 27. The van der Waals surface area contributed by atoms with E-state index in [1.165, 1.54) is 24.3 Å². The van der Waals surface area contributed by atoms with Gasteiger partial charge in [-0.05, 0) is 68.2 Å². The Bertz CT molecular complexity index is 1530. The largest absolute Gasteiger partial charge is 0.508 e. The summed E-state index contributed by atoms with van der Waals surface area (Å²) in [6.07, 6.45) is 1.15. The van der Waals surface area contributed by atoms with E-state index in [-0.39, 0.29) is 56.4 Å². The Morgan fingerprint density at radius 1 is 0.586 bits per heavy atom. The van der Waals surface area contributed by atoms with E-state index in [0.29, 0.717) is 18.4 Å². The summed E-state index contributed by atoms with van der Waals surface area (Å²) in [5.41, 5.74) is 16.8. The Labute approximate surface area is 337 Å². The number of phenols is 1. The molecular weight excluding hydrogens is 760 g/mol. The number of aliphatic hydroxyl groups is 2. The van der Waals surface area contributed by atoms with Gasteiger partial charge < -0.3 is 69.7 Å².